The fraction of sp³-hybridized carbons (Fsp3) is 0.308. The Kier molecular flexibility index (Phi) is 9.63. The number of rotatable bonds is 9. The van der Waals surface area contributed by atoms with Crippen LogP contribution in [0.25, 0.3) is 22.2 Å². The first kappa shape index (κ1) is 31.1. The van der Waals surface area contributed by atoms with E-state index in [9.17, 15) is 9.90 Å². The van der Waals surface area contributed by atoms with Gasteiger partial charge in [0.15, 0.2) is 6.29 Å². The van der Waals surface area contributed by atoms with Crippen molar-refractivity contribution in [1.29, 1.82) is 0 Å². The van der Waals surface area contributed by atoms with Crippen LogP contribution in [0.4, 0.5) is 0 Å². The van der Waals surface area contributed by atoms with Gasteiger partial charge in [-0.05, 0) is 78.0 Å². The molecule has 5 aromatic rings. The van der Waals surface area contributed by atoms with E-state index in [1.807, 2.05) is 54.6 Å². The lowest BCUT2D eigenvalue weighted by molar-refractivity contribution is -0.253. The zero-order chi connectivity index (χ0) is 32.0. The maximum atomic E-state index is 12.9. The zero-order valence-electron chi connectivity index (χ0n) is 26.4. The summed E-state index contributed by atoms with van der Waals surface area (Å²) in [5.74, 6) is -0.262. The monoisotopic (exact) mass is 628 g/mol. The SMILES string of the molecule is O=C(NCc1cccc(-c2cccc([C@H]3O[C@@H](CN4CCCCC4)C[C@@H](c4ccc(CO)cc4)O3)c2)c1)c1cnc2ccccc2n1. The van der Waals surface area contributed by atoms with Crippen LogP contribution in [0, 0.1) is 0 Å². The highest BCUT2D eigenvalue weighted by atomic mass is 16.7. The van der Waals surface area contributed by atoms with Gasteiger partial charge in [-0.3, -0.25) is 9.78 Å². The van der Waals surface area contributed by atoms with Gasteiger partial charge in [-0.25, -0.2) is 4.98 Å². The third-order valence-corrected chi connectivity index (χ3v) is 9.08. The number of carbonyl (C=O) groups excluding carboxylic acids is 1. The molecule has 0 bridgehead atoms. The molecular weight excluding hydrogens is 588 g/mol. The van der Waals surface area contributed by atoms with Gasteiger partial charge in [0.25, 0.3) is 5.91 Å². The van der Waals surface area contributed by atoms with Crippen LogP contribution in [0.3, 0.4) is 0 Å². The van der Waals surface area contributed by atoms with Gasteiger partial charge < -0.3 is 24.8 Å². The van der Waals surface area contributed by atoms with E-state index in [-0.39, 0.29) is 24.7 Å². The molecule has 1 amide bonds. The molecule has 1 aromatic heterocycles. The lowest BCUT2D eigenvalue weighted by Gasteiger charge is -2.39. The molecule has 2 N–H and O–H groups in total. The number of fused-ring (bicyclic) bond motifs is 1. The molecule has 0 spiro atoms. The van der Waals surface area contributed by atoms with Crippen LogP contribution in [0.2, 0.25) is 0 Å². The Labute approximate surface area is 275 Å². The number of piperidine rings is 1. The summed E-state index contributed by atoms with van der Waals surface area (Å²) in [6.07, 6.45) is 5.49. The molecular formula is C39H40N4O4. The van der Waals surface area contributed by atoms with Gasteiger partial charge in [0.05, 0.1) is 36.0 Å². The topological polar surface area (TPSA) is 96.8 Å². The Morgan fingerprint density at radius 1 is 0.809 bits per heavy atom. The predicted octanol–water partition coefficient (Wildman–Crippen LogP) is 6.75. The Morgan fingerprint density at radius 3 is 2.38 bits per heavy atom. The Bertz CT molecular complexity index is 1820. The van der Waals surface area contributed by atoms with Gasteiger partial charge >= 0.3 is 0 Å². The summed E-state index contributed by atoms with van der Waals surface area (Å²) in [5, 5.41) is 12.5. The van der Waals surface area contributed by atoms with Crippen molar-refractivity contribution in [2.24, 2.45) is 0 Å². The number of nitrogens with zero attached hydrogens (tertiary/aromatic N) is 3. The molecule has 4 aromatic carbocycles. The van der Waals surface area contributed by atoms with Crippen molar-refractivity contribution in [2.75, 3.05) is 19.6 Å². The molecule has 240 valence electrons. The second-order valence-electron chi connectivity index (χ2n) is 12.5. The molecule has 8 heteroatoms. The van der Waals surface area contributed by atoms with Crippen molar-refractivity contribution in [3.8, 4) is 11.1 Å². The molecule has 0 aliphatic carbocycles. The molecule has 2 aliphatic rings. The number of para-hydroxylation sites is 2. The molecule has 8 nitrogen and oxygen atoms in total. The maximum Gasteiger partial charge on any atom is 0.271 e. The Balaban J connectivity index is 1.07. The van der Waals surface area contributed by atoms with E-state index in [1.165, 1.54) is 25.5 Å². The second kappa shape index (κ2) is 14.5. The number of amides is 1. The van der Waals surface area contributed by atoms with Crippen molar-refractivity contribution in [3.63, 3.8) is 0 Å². The summed E-state index contributed by atoms with van der Waals surface area (Å²) in [6.45, 7) is 3.51. The van der Waals surface area contributed by atoms with Crippen LogP contribution in [-0.4, -0.2) is 51.6 Å². The smallest absolute Gasteiger partial charge is 0.271 e. The van der Waals surface area contributed by atoms with Crippen LogP contribution in [0.1, 0.15) is 70.8 Å². The first-order valence-corrected chi connectivity index (χ1v) is 16.5. The van der Waals surface area contributed by atoms with Gasteiger partial charge in [0.2, 0.25) is 0 Å². The lowest BCUT2D eigenvalue weighted by Crippen LogP contribution is -2.41. The predicted molar refractivity (Wildman–Crippen MR) is 181 cm³/mol. The Hall–Kier alpha value is -4.47. The standard InChI is InChI=1S/C39H40N4O4/c44-26-27-14-16-29(17-15-27)37-22-33(25-43-18-4-1-5-19-43)46-39(47-37)32-11-7-10-31(21-32)30-9-6-8-28(20-30)23-41-38(45)36-24-40-34-12-2-3-13-35(34)42-36/h2-3,6-17,20-21,24,33,37,39,44H,1,4-5,18-19,22-23,25-26H2,(H,41,45)/t33-,37+,39+/m1/s1. The van der Waals surface area contributed by atoms with Gasteiger partial charge in [-0.1, -0.05) is 79.2 Å². The summed E-state index contributed by atoms with van der Waals surface area (Å²) >= 11 is 0. The number of likely N-dealkylation sites (tertiary alicyclic amines) is 1. The quantitative estimate of drug-likeness (QED) is 0.186. The number of nitrogens with one attached hydrogen (secondary N) is 1. The van der Waals surface area contributed by atoms with Crippen LogP contribution < -0.4 is 5.32 Å². The molecule has 2 fully saturated rings. The van der Waals surface area contributed by atoms with Crippen molar-refractivity contribution >= 4 is 16.9 Å². The lowest BCUT2D eigenvalue weighted by atomic mass is 9.98. The number of aliphatic hydroxyl groups is 1. The zero-order valence-corrected chi connectivity index (χ0v) is 26.4. The van der Waals surface area contributed by atoms with Crippen molar-refractivity contribution in [1.82, 2.24) is 20.2 Å². The summed E-state index contributed by atoms with van der Waals surface area (Å²) in [4.78, 5) is 24.2. The third kappa shape index (κ3) is 7.58. The number of hydrogen-bond donors (Lipinski definition) is 2. The van der Waals surface area contributed by atoms with E-state index >= 15 is 0 Å². The molecule has 0 radical (unpaired) electrons. The highest BCUT2D eigenvalue weighted by Crippen LogP contribution is 2.39. The number of benzene rings is 4. The van der Waals surface area contributed by atoms with Crippen LogP contribution in [0.15, 0.2) is 103 Å². The van der Waals surface area contributed by atoms with E-state index < -0.39 is 6.29 Å². The number of aliphatic hydroxyl groups excluding tert-OH is 1. The summed E-state index contributed by atoms with van der Waals surface area (Å²) < 4.78 is 13.3. The summed E-state index contributed by atoms with van der Waals surface area (Å²) in [5.41, 5.74) is 7.76. The third-order valence-electron chi connectivity index (χ3n) is 9.08. The van der Waals surface area contributed by atoms with E-state index in [4.69, 9.17) is 9.47 Å². The fourth-order valence-electron chi connectivity index (χ4n) is 6.53. The van der Waals surface area contributed by atoms with Crippen molar-refractivity contribution in [3.05, 3.63) is 131 Å². The van der Waals surface area contributed by atoms with Crippen LogP contribution >= 0.6 is 0 Å². The van der Waals surface area contributed by atoms with Crippen molar-refractivity contribution < 1.29 is 19.4 Å². The van der Waals surface area contributed by atoms with Gasteiger partial charge in [-0.2, -0.15) is 0 Å². The fourth-order valence-corrected chi connectivity index (χ4v) is 6.53. The van der Waals surface area contributed by atoms with E-state index in [0.717, 1.165) is 65.0 Å². The molecule has 3 atom stereocenters. The first-order valence-electron chi connectivity index (χ1n) is 16.5. The molecule has 47 heavy (non-hydrogen) atoms. The van der Waals surface area contributed by atoms with Crippen LogP contribution in [0.5, 0.6) is 0 Å². The second-order valence-corrected chi connectivity index (χ2v) is 12.5. The molecule has 7 rings (SSSR count). The molecule has 3 heterocycles. The minimum atomic E-state index is -0.508. The average Bonchev–Trinajstić information content (AvgIpc) is 3.14. The number of aromatic nitrogens is 2. The van der Waals surface area contributed by atoms with E-state index in [1.54, 1.807) is 0 Å². The minimum Gasteiger partial charge on any atom is -0.392 e. The first-order chi connectivity index (χ1) is 23.1. The Morgan fingerprint density at radius 2 is 1.57 bits per heavy atom. The minimum absolute atomic E-state index is 0.0224. The average molecular weight is 629 g/mol. The molecule has 0 unspecified atom stereocenters. The summed E-state index contributed by atoms with van der Waals surface area (Å²) in [7, 11) is 0. The number of ether oxygens (including phenoxy) is 2. The highest BCUT2D eigenvalue weighted by molar-refractivity contribution is 5.93. The van der Waals surface area contributed by atoms with Gasteiger partial charge in [-0.15, -0.1) is 0 Å². The number of carbonyl (C=O) groups is 1. The van der Waals surface area contributed by atoms with Gasteiger partial charge in [0, 0.05) is 25.1 Å². The van der Waals surface area contributed by atoms with Crippen LogP contribution in [-0.2, 0) is 22.6 Å². The maximum absolute atomic E-state index is 12.9. The normalized spacial score (nSPS) is 20.2. The summed E-state index contributed by atoms with van der Waals surface area (Å²) in [6, 6.07) is 32.1. The molecule has 2 saturated heterocycles. The highest BCUT2D eigenvalue weighted by Gasteiger charge is 2.33. The largest absolute Gasteiger partial charge is 0.392 e. The van der Waals surface area contributed by atoms with E-state index in [0.29, 0.717) is 17.8 Å². The molecule has 0 saturated carbocycles. The molecule has 2 aliphatic heterocycles. The number of hydrogen-bond acceptors (Lipinski definition) is 7. The van der Waals surface area contributed by atoms with Gasteiger partial charge in [0.1, 0.15) is 5.69 Å². The van der Waals surface area contributed by atoms with E-state index in [2.05, 4.69) is 62.6 Å². The van der Waals surface area contributed by atoms with Crippen molar-refractivity contribution in [2.45, 2.75) is 57.3 Å².